The molecule has 2 aromatic heterocycles. The summed E-state index contributed by atoms with van der Waals surface area (Å²) in [5.41, 5.74) is 8.86. The Morgan fingerprint density at radius 2 is 2.20 bits per heavy atom. The molecule has 0 amide bonds. The van der Waals surface area contributed by atoms with Crippen LogP contribution in [0, 0.1) is 0 Å². The third-order valence-corrected chi connectivity index (χ3v) is 2.36. The molecular formula is C11H14N4. The van der Waals surface area contributed by atoms with E-state index in [1.165, 1.54) is 0 Å². The molecule has 0 spiro atoms. The van der Waals surface area contributed by atoms with E-state index in [2.05, 4.69) is 29.0 Å². The quantitative estimate of drug-likeness (QED) is 0.784. The standard InChI is InChI=1S/C11H14N4/c1-7(2)9-10(14-15-11(9)12)8-4-3-5-13-6-8/h3-7H,1-2H3,(H3,12,14,15). The van der Waals surface area contributed by atoms with Crippen molar-refractivity contribution in [3.05, 3.63) is 30.1 Å². The van der Waals surface area contributed by atoms with E-state index in [1.807, 2.05) is 12.1 Å². The van der Waals surface area contributed by atoms with Crippen molar-refractivity contribution in [1.29, 1.82) is 0 Å². The van der Waals surface area contributed by atoms with Crippen molar-refractivity contribution in [2.45, 2.75) is 19.8 Å². The third kappa shape index (κ3) is 1.70. The highest BCUT2D eigenvalue weighted by molar-refractivity contribution is 5.68. The van der Waals surface area contributed by atoms with Crippen molar-refractivity contribution in [2.75, 3.05) is 5.73 Å². The summed E-state index contributed by atoms with van der Waals surface area (Å²) in [7, 11) is 0. The maximum Gasteiger partial charge on any atom is 0.149 e. The first-order chi connectivity index (χ1) is 7.20. The highest BCUT2D eigenvalue weighted by atomic mass is 15.2. The molecule has 0 saturated heterocycles. The van der Waals surface area contributed by atoms with Crippen molar-refractivity contribution in [3.8, 4) is 11.3 Å². The normalized spacial score (nSPS) is 10.9. The van der Waals surface area contributed by atoms with Gasteiger partial charge in [0.25, 0.3) is 0 Å². The number of nitrogens with two attached hydrogens (primary N) is 1. The van der Waals surface area contributed by atoms with Gasteiger partial charge in [0.1, 0.15) is 5.82 Å². The topological polar surface area (TPSA) is 67.6 Å². The molecule has 0 unspecified atom stereocenters. The van der Waals surface area contributed by atoms with Crippen molar-refractivity contribution in [1.82, 2.24) is 15.2 Å². The lowest BCUT2D eigenvalue weighted by Crippen LogP contribution is -1.95. The highest BCUT2D eigenvalue weighted by Crippen LogP contribution is 2.30. The van der Waals surface area contributed by atoms with E-state index in [4.69, 9.17) is 5.73 Å². The number of hydrogen-bond acceptors (Lipinski definition) is 3. The molecule has 0 saturated carbocycles. The number of nitrogens with one attached hydrogen (secondary N) is 1. The highest BCUT2D eigenvalue weighted by Gasteiger charge is 2.15. The predicted molar refractivity (Wildman–Crippen MR) is 60.3 cm³/mol. The molecule has 4 heteroatoms. The van der Waals surface area contributed by atoms with Crippen molar-refractivity contribution < 1.29 is 0 Å². The third-order valence-electron chi connectivity index (χ3n) is 2.36. The number of hydrogen-bond donors (Lipinski definition) is 2. The SMILES string of the molecule is CC(C)c1c(N)n[nH]c1-c1cccnc1. The molecule has 78 valence electrons. The summed E-state index contributed by atoms with van der Waals surface area (Å²) in [5.74, 6) is 0.919. The maximum atomic E-state index is 5.82. The molecule has 0 aliphatic rings. The molecule has 0 fully saturated rings. The summed E-state index contributed by atoms with van der Waals surface area (Å²) in [5, 5.41) is 7.00. The zero-order valence-corrected chi connectivity index (χ0v) is 8.86. The lowest BCUT2D eigenvalue weighted by atomic mass is 10.00. The van der Waals surface area contributed by atoms with E-state index in [1.54, 1.807) is 12.4 Å². The molecule has 0 aromatic carbocycles. The number of anilines is 1. The number of aromatic nitrogens is 3. The van der Waals surface area contributed by atoms with E-state index >= 15 is 0 Å². The fraction of sp³-hybridized carbons (Fsp3) is 0.273. The smallest absolute Gasteiger partial charge is 0.149 e. The van der Waals surface area contributed by atoms with Crippen LogP contribution >= 0.6 is 0 Å². The largest absolute Gasteiger partial charge is 0.382 e. The van der Waals surface area contributed by atoms with Gasteiger partial charge in [-0.25, -0.2) is 0 Å². The summed E-state index contributed by atoms with van der Waals surface area (Å²) < 4.78 is 0. The summed E-state index contributed by atoms with van der Waals surface area (Å²) in [6, 6.07) is 3.89. The maximum absolute atomic E-state index is 5.82. The molecule has 0 bridgehead atoms. The summed E-state index contributed by atoms with van der Waals surface area (Å²) >= 11 is 0. The molecule has 0 atom stereocenters. The van der Waals surface area contributed by atoms with Crippen LogP contribution < -0.4 is 5.73 Å². The van der Waals surface area contributed by atoms with Gasteiger partial charge in [0.05, 0.1) is 5.69 Å². The second-order valence-electron chi connectivity index (χ2n) is 3.79. The Kier molecular flexibility index (Phi) is 2.41. The first-order valence-electron chi connectivity index (χ1n) is 4.94. The Morgan fingerprint density at radius 3 is 2.80 bits per heavy atom. The fourth-order valence-corrected chi connectivity index (χ4v) is 1.68. The van der Waals surface area contributed by atoms with Gasteiger partial charge in [-0.2, -0.15) is 5.10 Å². The van der Waals surface area contributed by atoms with Crippen LogP contribution in [-0.4, -0.2) is 15.2 Å². The first kappa shape index (κ1) is 9.71. The minimum Gasteiger partial charge on any atom is -0.382 e. The van der Waals surface area contributed by atoms with Gasteiger partial charge in [0.15, 0.2) is 0 Å². The average Bonchev–Trinajstić information content (AvgIpc) is 2.61. The van der Waals surface area contributed by atoms with Crippen LogP contribution in [-0.2, 0) is 0 Å². The Balaban J connectivity index is 2.54. The van der Waals surface area contributed by atoms with Gasteiger partial charge in [0, 0.05) is 23.5 Å². The summed E-state index contributed by atoms with van der Waals surface area (Å²) in [4.78, 5) is 4.08. The number of nitrogens with zero attached hydrogens (tertiary/aromatic N) is 2. The Morgan fingerprint density at radius 1 is 1.40 bits per heavy atom. The van der Waals surface area contributed by atoms with Crippen LogP contribution in [0.5, 0.6) is 0 Å². The number of H-pyrrole nitrogens is 1. The Bertz CT molecular complexity index is 445. The molecule has 4 nitrogen and oxygen atoms in total. The van der Waals surface area contributed by atoms with Gasteiger partial charge in [-0.15, -0.1) is 0 Å². The zero-order valence-electron chi connectivity index (χ0n) is 8.86. The van der Waals surface area contributed by atoms with Crippen molar-refractivity contribution in [2.24, 2.45) is 0 Å². The summed E-state index contributed by atoms with van der Waals surface area (Å²) in [6.45, 7) is 4.20. The van der Waals surface area contributed by atoms with E-state index in [9.17, 15) is 0 Å². The second-order valence-corrected chi connectivity index (χ2v) is 3.79. The molecule has 2 heterocycles. The molecule has 0 aliphatic carbocycles. The molecule has 2 aromatic rings. The van der Waals surface area contributed by atoms with Gasteiger partial charge < -0.3 is 5.73 Å². The lowest BCUT2D eigenvalue weighted by molar-refractivity contribution is 0.873. The number of rotatable bonds is 2. The van der Waals surface area contributed by atoms with Gasteiger partial charge >= 0.3 is 0 Å². The average molecular weight is 202 g/mol. The molecule has 0 aliphatic heterocycles. The van der Waals surface area contributed by atoms with Crippen LogP contribution in [0.2, 0.25) is 0 Å². The first-order valence-corrected chi connectivity index (χ1v) is 4.94. The monoisotopic (exact) mass is 202 g/mol. The minimum atomic E-state index is 0.346. The van der Waals surface area contributed by atoms with Gasteiger partial charge in [0.2, 0.25) is 0 Å². The minimum absolute atomic E-state index is 0.346. The van der Waals surface area contributed by atoms with E-state index in [0.29, 0.717) is 11.7 Å². The van der Waals surface area contributed by atoms with Crippen LogP contribution in [0.3, 0.4) is 0 Å². The lowest BCUT2D eigenvalue weighted by Gasteiger charge is -2.06. The molecule has 2 rings (SSSR count). The van der Waals surface area contributed by atoms with Gasteiger partial charge in [-0.05, 0) is 18.1 Å². The Hall–Kier alpha value is -1.84. The van der Waals surface area contributed by atoms with E-state index in [0.717, 1.165) is 16.8 Å². The van der Waals surface area contributed by atoms with Crippen LogP contribution in [0.15, 0.2) is 24.5 Å². The van der Waals surface area contributed by atoms with Crippen LogP contribution in [0.4, 0.5) is 5.82 Å². The number of aromatic amines is 1. The molecule has 3 N–H and O–H groups in total. The number of nitrogen functional groups attached to an aromatic ring is 1. The van der Waals surface area contributed by atoms with Crippen LogP contribution in [0.25, 0.3) is 11.3 Å². The van der Waals surface area contributed by atoms with Crippen molar-refractivity contribution >= 4 is 5.82 Å². The van der Waals surface area contributed by atoms with Crippen LogP contribution in [0.1, 0.15) is 25.3 Å². The van der Waals surface area contributed by atoms with Gasteiger partial charge in [-0.3, -0.25) is 10.1 Å². The molecule has 15 heavy (non-hydrogen) atoms. The molecule has 0 radical (unpaired) electrons. The zero-order chi connectivity index (χ0) is 10.8. The second kappa shape index (κ2) is 3.73. The van der Waals surface area contributed by atoms with Gasteiger partial charge in [-0.1, -0.05) is 13.8 Å². The van der Waals surface area contributed by atoms with Crippen molar-refractivity contribution in [3.63, 3.8) is 0 Å². The summed E-state index contributed by atoms with van der Waals surface area (Å²) in [6.07, 6.45) is 3.55. The predicted octanol–water partition coefficient (Wildman–Crippen LogP) is 2.18. The Labute approximate surface area is 88.5 Å². The fourth-order valence-electron chi connectivity index (χ4n) is 1.68. The van der Waals surface area contributed by atoms with E-state index in [-0.39, 0.29) is 0 Å². The molecular weight excluding hydrogens is 188 g/mol. The number of pyridine rings is 1. The van der Waals surface area contributed by atoms with E-state index < -0.39 is 0 Å².